The number of fused-ring (bicyclic) bond motifs is 2. The lowest BCUT2D eigenvalue weighted by Gasteiger charge is -2.32. The van der Waals surface area contributed by atoms with Crippen molar-refractivity contribution < 1.29 is 9.18 Å². The summed E-state index contributed by atoms with van der Waals surface area (Å²) in [5.41, 5.74) is 3.35. The van der Waals surface area contributed by atoms with Crippen molar-refractivity contribution >= 4 is 16.9 Å². The second-order valence-corrected chi connectivity index (χ2v) is 6.76. The summed E-state index contributed by atoms with van der Waals surface area (Å²) in [5.74, 6) is 0.0490. The second-order valence-electron chi connectivity index (χ2n) is 6.76. The summed E-state index contributed by atoms with van der Waals surface area (Å²) >= 11 is 0. The Labute approximate surface area is 145 Å². The summed E-state index contributed by atoms with van der Waals surface area (Å²) in [6.45, 7) is 2.11. The molecule has 1 amide bonds. The second kappa shape index (κ2) is 6.31. The van der Waals surface area contributed by atoms with Crippen LogP contribution >= 0.6 is 0 Å². The first-order valence-corrected chi connectivity index (χ1v) is 8.61. The number of amides is 1. The number of nitrogens with one attached hydrogen (secondary N) is 2. The molecule has 2 atom stereocenters. The molecule has 25 heavy (non-hydrogen) atoms. The molecule has 2 unspecified atom stereocenters. The molecule has 0 bridgehead atoms. The van der Waals surface area contributed by atoms with Crippen molar-refractivity contribution in [3.8, 4) is 0 Å². The Balaban J connectivity index is 1.56. The summed E-state index contributed by atoms with van der Waals surface area (Å²) in [5, 5.41) is 4.07. The van der Waals surface area contributed by atoms with Crippen LogP contribution in [0.1, 0.15) is 36.1 Å². The number of carbonyl (C=O) groups is 1. The maximum absolute atomic E-state index is 14.1. The highest BCUT2D eigenvalue weighted by Crippen LogP contribution is 2.35. The topological polar surface area (TPSA) is 57.8 Å². The molecule has 0 saturated carbocycles. The average molecular weight is 337 g/mol. The maximum atomic E-state index is 14.1. The molecule has 1 aliphatic carbocycles. The van der Waals surface area contributed by atoms with E-state index in [0.29, 0.717) is 0 Å². The van der Waals surface area contributed by atoms with Crippen molar-refractivity contribution in [1.82, 2.24) is 15.3 Å². The lowest BCUT2D eigenvalue weighted by Crippen LogP contribution is -2.36. The van der Waals surface area contributed by atoms with Gasteiger partial charge in [-0.25, -0.2) is 9.37 Å². The molecule has 0 aliphatic heterocycles. The molecular weight excluding hydrogens is 317 g/mol. The van der Waals surface area contributed by atoms with Gasteiger partial charge in [0.05, 0.1) is 12.5 Å². The molecule has 0 radical (unpaired) electrons. The Morgan fingerprint density at radius 3 is 3.12 bits per heavy atom. The van der Waals surface area contributed by atoms with Gasteiger partial charge in [-0.15, -0.1) is 0 Å². The summed E-state index contributed by atoms with van der Waals surface area (Å²) in [4.78, 5) is 20.0. The first kappa shape index (κ1) is 15.8. The first-order valence-electron chi connectivity index (χ1n) is 8.61. The van der Waals surface area contributed by atoms with Gasteiger partial charge in [0.15, 0.2) is 0 Å². The predicted molar refractivity (Wildman–Crippen MR) is 94.6 cm³/mol. The lowest BCUT2D eigenvalue weighted by molar-refractivity contribution is -0.121. The standard InChI is InChI=1S/C20H20FN3O/c1-12-7-8-15-16(4-2-6-17(15)21)19(12)24-18(25)10-13-11-23-20-14(13)5-3-9-22-20/h2-6,9,11-12,19H,7-8,10H2,1H3,(H,22,23)(H,24,25). The van der Waals surface area contributed by atoms with Gasteiger partial charge in [-0.3, -0.25) is 4.79 Å². The number of H-pyrrole nitrogens is 1. The van der Waals surface area contributed by atoms with E-state index in [-0.39, 0.29) is 30.1 Å². The van der Waals surface area contributed by atoms with E-state index in [1.165, 1.54) is 6.07 Å². The Kier molecular flexibility index (Phi) is 3.99. The SMILES string of the molecule is CC1CCc2c(F)cccc2C1NC(=O)Cc1c[nH]c2ncccc12. The van der Waals surface area contributed by atoms with Crippen LogP contribution in [0.15, 0.2) is 42.7 Å². The molecule has 2 heterocycles. The number of aromatic amines is 1. The van der Waals surface area contributed by atoms with Crippen molar-refractivity contribution in [2.24, 2.45) is 5.92 Å². The highest BCUT2D eigenvalue weighted by Gasteiger charge is 2.29. The minimum Gasteiger partial charge on any atom is -0.349 e. The quantitative estimate of drug-likeness (QED) is 0.766. The van der Waals surface area contributed by atoms with Crippen LogP contribution in [0.2, 0.25) is 0 Å². The van der Waals surface area contributed by atoms with E-state index in [0.717, 1.165) is 40.6 Å². The van der Waals surface area contributed by atoms with Crippen LogP contribution in [0.5, 0.6) is 0 Å². The van der Waals surface area contributed by atoms with Gasteiger partial charge in [0, 0.05) is 17.8 Å². The van der Waals surface area contributed by atoms with Gasteiger partial charge in [0.25, 0.3) is 0 Å². The number of carbonyl (C=O) groups excluding carboxylic acids is 1. The van der Waals surface area contributed by atoms with Crippen LogP contribution in [0.3, 0.4) is 0 Å². The third-order valence-corrected chi connectivity index (χ3v) is 5.11. The number of pyridine rings is 1. The van der Waals surface area contributed by atoms with Gasteiger partial charge >= 0.3 is 0 Å². The van der Waals surface area contributed by atoms with Crippen LogP contribution < -0.4 is 5.32 Å². The average Bonchev–Trinajstić information content (AvgIpc) is 3.01. The number of nitrogens with zero attached hydrogens (tertiary/aromatic N) is 1. The molecule has 2 N–H and O–H groups in total. The Morgan fingerprint density at radius 1 is 1.36 bits per heavy atom. The van der Waals surface area contributed by atoms with E-state index in [4.69, 9.17) is 0 Å². The first-order chi connectivity index (χ1) is 12.1. The van der Waals surface area contributed by atoms with Gasteiger partial charge < -0.3 is 10.3 Å². The molecule has 2 aromatic heterocycles. The maximum Gasteiger partial charge on any atom is 0.224 e. The third-order valence-electron chi connectivity index (χ3n) is 5.11. The Bertz CT molecular complexity index is 934. The molecule has 0 fully saturated rings. The normalized spacial score (nSPS) is 19.6. The Hall–Kier alpha value is -2.69. The van der Waals surface area contributed by atoms with Gasteiger partial charge in [-0.2, -0.15) is 0 Å². The molecular formula is C20H20FN3O. The van der Waals surface area contributed by atoms with Crippen molar-refractivity contribution in [1.29, 1.82) is 0 Å². The minimum absolute atomic E-state index is 0.0567. The number of halogens is 1. The van der Waals surface area contributed by atoms with E-state index in [1.54, 1.807) is 12.3 Å². The van der Waals surface area contributed by atoms with Crippen molar-refractivity contribution in [2.75, 3.05) is 0 Å². The monoisotopic (exact) mass is 337 g/mol. The zero-order valence-corrected chi connectivity index (χ0v) is 14.1. The van der Waals surface area contributed by atoms with Gasteiger partial charge in [0.2, 0.25) is 5.91 Å². The van der Waals surface area contributed by atoms with E-state index in [9.17, 15) is 9.18 Å². The number of benzene rings is 1. The van der Waals surface area contributed by atoms with E-state index in [2.05, 4.69) is 22.2 Å². The summed E-state index contributed by atoms with van der Waals surface area (Å²) in [7, 11) is 0. The Morgan fingerprint density at radius 2 is 2.24 bits per heavy atom. The number of hydrogen-bond acceptors (Lipinski definition) is 2. The van der Waals surface area contributed by atoms with E-state index < -0.39 is 0 Å². The van der Waals surface area contributed by atoms with Crippen LogP contribution in [0, 0.1) is 11.7 Å². The fourth-order valence-corrected chi connectivity index (χ4v) is 3.75. The van der Waals surface area contributed by atoms with Crippen LogP contribution in [-0.4, -0.2) is 15.9 Å². The highest BCUT2D eigenvalue weighted by molar-refractivity contribution is 5.87. The molecule has 128 valence electrons. The molecule has 4 nitrogen and oxygen atoms in total. The molecule has 0 saturated heterocycles. The zero-order valence-electron chi connectivity index (χ0n) is 14.1. The zero-order chi connectivity index (χ0) is 17.4. The highest BCUT2D eigenvalue weighted by atomic mass is 19.1. The van der Waals surface area contributed by atoms with Crippen molar-refractivity contribution in [3.05, 3.63) is 65.2 Å². The van der Waals surface area contributed by atoms with Gasteiger partial charge in [-0.05, 0) is 53.6 Å². The molecule has 4 rings (SSSR count). The third kappa shape index (κ3) is 2.90. The minimum atomic E-state index is -0.175. The van der Waals surface area contributed by atoms with Crippen LogP contribution in [0.25, 0.3) is 11.0 Å². The predicted octanol–water partition coefficient (Wildman–Crippen LogP) is 3.68. The lowest BCUT2D eigenvalue weighted by atomic mass is 9.80. The van der Waals surface area contributed by atoms with Crippen molar-refractivity contribution in [2.45, 2.75) is 32.2 Å². The fraction of sp³-hybridized carbons (Fsp3) is 0.300. The van der Waals surface area contributed by atoms with Crippen LogP contribution in [0.4, 0.5) is 4.39 Å². The van der Waals surface area contributed by atoms with Crippen molar-refractivity contribution in [3.63, 3.8) is 0 Å². The summed E-state index contributed by atoms with van der Waals surface area (Å²) < 4.78 is 14.1. The van der Waals surface area contributed by atoms with E-state index in [1.807, 2.05) is 24.4 Å². The molecule has 5 heteroatoms. The van der Waals surface area contributed by atoms with Gasteiger partial charge in [-0.1, -0.05) is 19.1 Å². The molecule has 3 aromatic rings. The summed E-state index contributed by atoms with van der Waals surface area (Å²) in [6.07, 6.45) is 5.42. The molecule has 0 spiro atoms. The smallest absolute Gasteiger partial charge is 0.224 e. The van der Waals surface area contributed by atoms with E-state index >= 15 is 0 Å². The number of hydrogen-bond donors (Lipinski definition) is 2. The molecule has 1 aromatic carbocycles. The molecule has 1 aliphatic rings. The van der Waals surface area contributed by atoms with Gasteiger partial charge in [0.1, 0.15) is 11.5 Å². The summed E-state index contributed by atoms with van der Waals surface area (Å²) in [6, 6.07) is 8.81. The number of rotatable bonds is 3. The number of aromatic nitrogens is 2. The van der Waals surface area contributed by atoms with Crippen LogP contribution in [-0.2, 0) is 17.6 Å². The fourth-order valence-electron chi connectivity index (χ4n) is 3.75. The largest absolute Gasteiger partial charge is 0.349 e.